The van der Waals surface area contributed by atoms with Crippen LogP contribution in [0.2, 0.25) is 0 Å². The number of para-hydroxylation sites is 1. The van der Waals surface area contributed by atoms with Crippen LogP contribution in [0.5, 0.6) is 5.75 Å². The van der Waals surface area contributed by atoms with E-state index in [1.807, 2.05) is 38.1 Å². The molecule has 0 spiro atoms. The third-order valence-corrected chi connectivity index (χ3v) is 3.77. The van der Waals surface area contributed by atoms with Gasteiger partial charge in [0.1, 0.15) is 18.9 Å². The Labute approximate surface area is 122 Å². The summed E-state index contributed by atoms with van der Waals surface area (Å²) in [6, 6.07) is 7.62. The SMILES string of the molecule is Cc1nn(CC(=O)NC2COc3ccccc32)c(C)c1N. The Morgan fingerprint density at radius 3 is 2.95 bits per heavy atom. The van der Waals surface area contributed by atoms with Crippen molar-refractivity contribution in [2.45, 2.75) is 26.4 Å². The molecule has 0 saturated heterocycles. The molecule has 0 saturated carbocycles. The topological polar surface area (TPSA) is 82.2 Å². The molecule has 1 aromatic carbocycles. The number of benzene rings is 1. The summed E-state index contributed by atoms with van der Waals surface area (Å²) in [5, 5.41) is 7.24. The third kappa shape index (κ3) is 2.44. The number of nitrogen functional groups attached to an aromatic ring is 1. The molecule has 6 nitrogen and oxygen atoms in total. The van der Waals surface area contributed by atoms with Crippen molar-refractivity contribution in [1.82, 2.24) is 15.1 Å². The fraction of sp³-hybridized carbons (Fsp3) is 0.333. The average Bonchev–Trinajstić information content (AvgIpc) is 2.97. The van der Waals surface area contributed by atoms with Gasteiger partial charge >= 0.3 is 0 Å². The number of carbonyl (C=O) groups is 1. The van der Waals surface area contributed by atoms with Gasteiger partial charge in [-0.15, -0.1) is 0 Å². The second-order valence-electron chi connectivity index (χ2n) is 5.21. The van der Waals surface area contributed by atoms with E-state index in [1.165, 1.54) is 0 Å². The van der Waals surface area contributed by atoms with E-state index < -0.39 is 0 Å². The molecule has 1 amide bonds. The maximum Gasteiger partial charge on any atom is 0.242 e. The van der Waals surface area contributed by atoms with Gasteiger partial charge in [-0.2, -0.15) is 5.10 Å². The van der Waals surface area contributed by atoms with Gasteiger partial charge in [-0.05, 0) is 19.9 Å². The van der Waals surface area contributed by atoms with Crippen LogP contribution in [0.15, 0.2) is 24.3 Å². The van der Waals surface area contributed by atoms with Crippen LogP contribution in [0.1, 0.15) is 23.0 Å². The summed E-state index contributed by atoms with van der Waals surface area (Å²) in [7, 11) is 0. The van der Waals surface area contributed by atoms with Crippen LogP contribution in [-0.2, 0) is 11.3 Å². The van der Waals surface area contributed by atoms with Crippen LogP contribution in [0, 0.1) is 13.8 Å². The summed E-state index contributed by atoms with van der Waals surface area (Å²) in [5.74, 6) is 0.726. The highest BCUT2D eigenvalue weighted by Crippen LogP contribution is 2.31. The molecule has 21 heavy (non-hydrogen) atoms. The summed E-state index contributed by atoms with van der Waals surface area (Å²) < 4.78 is 7.18. The predicted octanol–water partition coefficient (Wildman–Crippen LogP) is 1.33. The Bertz CT molecular complexity index is 693. The summed E-state index contributed by atoms with van der Waals surface area (Å²) in [6.45, 7) is 4.31. The van der Waals surface area contributed by atoms with Gasteiger partial charge in [-0.3, -0.25) is 9.48 Å². The minimum atomic E-state index is -0.108. The lowest BCUT2D eigenvalue weighted by Gasteiger charge is -2.12. The number of hydrogen-bond donors (Lipinski definition) is 2. The number of nitrogens with two attached hydrogens (primary N) is 1. The first-order valence-corrected chi connectivity index (χ1v) is 6.87. The van der Waals surface area contributed by atoms with Crippen molar-refractivity contribution >= 4 is 11.6 Å². The van der Waals surface area contributed by atoms with Gasteiger partial charge in [0, 0.05) is 5.56 Å². The lowest BCUT2D eigenvalue weighted by atomic mass is 10.1. The first kappa shape index (κ1) is 13.5. The number of hydrogen-bond acceptors (Lipinski definition) is 4. The fourth-order valence-corrected chi connectivity index (χ4v) is 2.52. The number of ether oxygens (including phenoxy) is 1. The largest absolute Gasteiger partial charge is 0.491 e. The molecule has 1 aliphatic heterocycles. The minimum absolute atomic E-state index is 0.106. The number of aryl methyl sites for hydroxylation is 1. The van der Waals surface area contributed by atoms with Crippen LogP contribution in [0.3, 0.4) is 0 Å². The molecule has 3 rings (SSSR count). The van der Waals surface area contributed by atoms with Gasteiger partial charge in [-0.1, -0.05) is 18.2 Å². The molecule has 3 N–H and O–H groups in total. The van der Waals surface area contributed by atoms with Crippen molar-refractivity contribution < 1.29 is 9.53 Å². The maximum absolute atomic E-state index is 12.2. The van der Waals surface area contributed by atoms with Crippen molar-refractivity contribution in [2.24, 2.45) is 0 Å². The van der Waals surface area contributed by atoms with Crippen molar-refractivity contribution in [1.29, 1.82) is 0 Å². The van der Waals surface area contributed by atoms with E-state index in [2.05, 4.69) is 10.4 Å². The maximum atomic E-state index is 12.2. The van der Waals surface area contributed by atoms with Crippen molar-refractivity contribution in [3.63, 3.8) is 0 Å². The van der Waals surface area contributed by atoms with E-state index >= 15 is 0 Å². The molecule has 1 unspecified atom stereocenters. The lowest BCUT2D eigenvalue weighted by molar-refractivity contribution is -0.122. The highest BCUT2D eigenvalue weighted by molar-refractivity contribution is 5.76. The van der Waals surface area contributed by atoms with Crippen molar-refractivity contribution in [2.75, 3.05) is 12.3 Å². The van der Waals surface area contributed by atoms with Crippen molar-refractivity contribution in [3.05, 3.63) is 41.2 Å². The van der Waals surface area contributed by atoms with Crippen LogP contribution >= 0.6 is 0 Å². The predicted molar refractivity (Wildman–Crippen MR) is 78.9 cm³/mol. The quantitative estimate of drug-likeness (QED) is 0.892. The van der Waals surface area contributed by atoms with Gasteiger partial charge in [-0.25, -0.2) is 0 Å². The lowest BCUT2D eigenvalue weighted by Crippen LogP contribution is -2.32. The molecular formula is C15H18N4O2. The molecule has 2 heterocycles. The van der Waals surface area contributed by atoms with E-state index in [9.17, 15) is 4.79 Å². The molecule has 1 aromatic heterocycles. The zero-order valence-corrected chi connectivity index (χ0v) is 12.1. The molecular weight excluding hydrogens is 268 g/mol. The van der Waals surface area contributed by atoms with Gasteiger partial charge in [0.05, 0.1) is 23.1 Å². The highest BCUT2D eigenvalue weighted by atomic mass is 16.5. The zero-order valence-electron chi connectivity index (χ0n) is 12.1. The number of rotatable bonds is 3. The summed E-state index contributed by atoms with van der Waals surface area (Å²) in [5.41, 5.74) is 9.08. The van der Waals surface area contributed by atoms with Gasteiger partial charge in [0.15, 0.2) is 0 Å². The number of nitrogens with one attached hydrogen (secondary N) is 1. The van der Waals surface area contributed by atoms with Gasteiger partial charge in [0.2, 0.25) is 5.91 Å². The average molecular weight is 286 g/mol. The van der Waals surface area contributed by atoms with Gasteiger partial charge < -0.3 is 15.8 Å². The highest BCUT2D eigenvalue weighted by Gasteiger charge is 2.25. The number of fused-ring (bicyclic) bond motifs is 1. The zero-order chi connectivity index (χ0) is 15.0. The van der Waals surface area contributed by atoms with E-state index in [1.54, 1.807) is 4.68 Å². The van der Waals surface area contributed by atoms with Crippen molar-refractivity contribution in [3.8, 4) is 5.75 Å². The first-order valence-electron chi connectivity index (χ1n) is 6.87. The normalized spacial score (nSPS) is 16.4. The van der Waals surface area contributed by atoms with E-state index in [0.29, 0.717) is 12.3 Å². The molecule has 0 bridgehead atoms. The van der Waals surface area contributed by atoms with E-state index in [0.717, 1.165) is 22.7 Å². The Kier molecular flexibility index (Phi) is 3.29. The van der Waals surface area contributed by atoms with E-state index in [4.69, 9.17) is 10.5 Å². The van der Waals surface area contributed by atoms with Gasteiger partial charge in [0.25, 0.3) is 0 Å². The molecule has 0 aliphatic carbocycles. The molecule has 110 valence electrons. The number of amides is 1. The first-order chi connectivity index (χ1) is 10.1. The molecule has 2 aromatic rings. The fourth-order valence-electron chi connectivity index (χ4n) is 2.52. The minimum Gasteiger partial charge on any atom is -0.491 e. The molecule has 0 fully saturated rings. The van der Waals surface area contributed by atoms with E-state index in [-0.39, 0.29) is 18.5 Å². The van der Waals surface area contributed by atoms with Crippen LogP contribution < -0.4 is 15.8 Å². The Hall–Kier alpha value is -2.50. The Morgan fingerprint density at radius 1 is 1.48 bits per heavy atom. The second-order valence-corrected chi connectivity index (χ2v) is 5.21. The Balaban J connectivity index is 1.69. The Morgan fingerprint density at radius 2 is 2.24 bits per heavy atom. The monoisotopic (exact) mass is 286 g/mol. The molecule has 1 aliphatic rings. The number of carbonyl (C=O) groups excluding carboxylic acids is 1. The second kappa shape index (κ2) is 5.12. The molecule has 0 radical (unpaired) electrons. The third-order valence-electron chi connectivity index (χ3n) is 3.77. The van der Waals surface area contributed by atoms with Crippen LogP contribution in [0.25, 0.3) is 0 Å². The summed E-state index contributed by atoms with van der Waals surface area (Å²) in [6.07, 6.45) is 0. The summed E-state index contributed by atoms with van der Waals surface area (Å²) >= 11 is 0. The number of aromatic nitrogens is 2. The standard InChI is InChI=1S/C15H18N4O2/c1-9-15(16)10(2)19(18-9)7-14(20)17-12-8-21-13-6-4-3-5-11(12)13/h3-6,12H,7-8,16H2,1-2H3,(H,17,20). The smallest absolute Gasteiger partial charge is 0.242 e. The molecule has 1 atom stereocenters. The van der Waals surface area contributed by atoms with Crippen LogP contribution in [-0.4, -0.2) is 22.3 Å². The summed E-state index contributed by atoms with van der Waals surface area (Å²) in [4.78, 5) is 12.2. The van der Waals surface area contributed by atoms with Crippen LogP contribution in [0.4, 0.5) is 5.69 Å². The molecule has 6 heteroatoms. The number of nitrogens with zero attached hydrogens (tertiary/aromatic N) is 2. The number of anilines is 1.